The summed E-state index contributed by atoms with van der Waals surface area (Å²) in [6.45, 7) is 0.212. The number of amides is 1. The summed E-state index contributed by atoms with van der Waals surface area (Å²) in [5.74, 6) is 2.41. The second-order valence-electron chi connectivity index (χ2n) is 6.82. The van der Waals surface area contributed by atoms with Crippen LogP contribution in [-0.4, -0.2) is 27.2 Å². The van der Waals surface area contributed by atoms with Gasteiger partial charge in [0.25, 0.3) is 5.91 Å². The summed E-state index contributed by atoms with van der Waals surface area (Å²) in [5, 5.41) is 5.94. The number of rotatable bonds is 9. The van der Waals surface area contributed by atoms with Gasteiger partial charge in [-0.05, 0) is 17.5 Å². The smallest absolute Gasteiger partial charge is 0.287 e. The molecule has 2 aromatic carbocycles. The number of thioether (sulfide) groups is 1. The van der Waals surface area contributed by atoms with E-state index >= 15 is 0 Å². The van der Waals surface area contributed by atoms with Crippen molar-refractivity contribution in [3.8, 4) is 17.2 Å². The first-order valence-electron chi connectivity index (χ1n) is 9.88. The fourth-order valence-electron chi connectivity index (χ4n) is 3.42. The summed E-state index contributed by atoms with van der Waals surface area (Å²) in [4.78, 5) is 13.2. The Labute approximate surface area is 194 Å². The fourth-order valence-corrected chi connectivity index (χ4v) is 5.23. The summed E-state index contributed by atoms with van der Waals surface area (Å²) in [6.07, 6.45) is 0. The van der Waals surface area contributed by atoms with Crippen molar-refractivity contribution in [1.29, 1.82) is 0 Å². The third-order valence-corrected chi connectivity index (χ3v) is 7.16. The van der Waals surface area contributed by atoms with Crippen LogP contribution in [0, 0.1) is 0 Å². The largest absolute Gasteiger partial charge is 0.496 e. The number of carbonyl (C=O) groups excluding carboxylic acids is 1. The fraction of sp³-hybridized carbons (Fsp3) is 0.208. The maximum absolute atomic E-state index is 13.2. The molecule has 0 unspecified atom stereocenters. The van der Waals surface area contributed by atoms with Gasteiger partial charge in [0.15, 0.2) is 5.76 Å². The van der Waals surface area contributed by atoms with E-state index in [1.807, 2.05) is 35.7 Å². The summed E-state index contributed by atoms with van der Waals surface area (Å²) < 4.78 is 23.4. The molecule has 0 aliphatic heterocycles. The molecular weight excluding hydrogens is 446 g/mol. The lowest BCUT2D eigenvalue weighted by Crippen LogP contribution is -2.24. The molecule has 2 aromatic heterocycles. The first-order valence-corrected chi connectivity index (χ1v) is 11.7. The van der Waals surface area contributed by atoms with Gasteiger partial charge in [-0.25, -0.2) is 0 Å². The van der Waals surface area contributed by atoms with E-state index in [0.717, 1.165) is 16.5 Å². The van der Waals surface area contributed by atoms with Crippen molar-refractivity contribution in [1.82, 2.24) is 5.32 Å². The van der Waals surface area contributed by atoms with Gasteiger partial charge in [-0.1, -0.05) is 24.3 Å². The number of ether oxygens (including phenoxy) is 3. The van der Waals surface area contributed by atoms with Crippen LogP contribution in [0.15, 0.2) is 62.5 Å². The number of nitrogens with one attached hydrogen (secondary N) is 1. The molecule has 0 radical (unpaired) electrons. The van der Waals surface area contributed by atoms with E-state index < -0.39 is 0 Å². The molecule has 8 heteroatoms. The first kappa shape index (κ1) is 22.1. The second kappa shape index (κ2) is 10.0. The molecule has 0 aliphatic rings. The second-order valence-corrected chi connectivity index (χ2v) is 9.04. The van der Waals surface area contributed by atoms with E-state index in [9.17, 15) is 4.79 Å². The molecule has 0 fully saturated rings. The lowest BCUT2D eigenvalue weighted by molar-refractivity contribution is 0.0924. The van der Waals surface area contributed by atoms with Gasteiger partial charge in [0.05, 0.1) is 37.6 Å². The van der Waals surface area contributed by atoms with Crippen molar-refractivity contribution in [3.63, 3.8) is 0 Å². The van der Waals surface area contributed by atoms with Gasteiger partial charge in [-0.2, -0.15) is 0 Å². The number of fused-ring (bicyclic) bond motifs is 1. The average molecular weight is 470 g/mol. The van der Waals surface area contributed by atoms with Crippen LogP contribution in [0.3, 0.4) is 0 Å². The molecule has 0 spiro atoms. The molecule has 0 bridgehead atoms. The molecule has 4 aromatic rings. The normalized spacial score (nSPS) is 10.8. The zero-order valence-electron chi connectivity index (χ0n) is 18.0. The minimum Gasteiger partial charge on any atom is -0.496 e. The minimum atomic E-state index is -0.289. The molecule has 32 heavy (non-hydrogen) atoms. The molecule has 1 N–H and O–H groups in total. The van der Waals surface area contributed by atoms with Crippen LogP contribution in [0.5, 0.6) is 17.2 Å². The highest BCUT2D eigenvalue weighted by Crippen LogP contribution is 2.35. The summed E-state index contributed by atoms with van der Waals surface area (Å²) in [6, 6.07) is 15.3. The predicted molar refractivity (Wildman–Crippen MR) is 127 cm³/mol. The van der Waals surface area contributed by atoms with Crippen LogP contribution in [0.25, 0.3) is 11.0 Å². The maximum Gasteiger partial charge on any atom is 0.287 e. The molecule has 1 amide bonds. The molecule has 6 nitrogen and oxygen atoms in total. The standard InChI is InChI=1S/C24H23NO5S2/c1-27-15-11-20(28-2)17(21(12-15)29-3)13-25-24(26)23-18(14-32-22-9-6-10-31-22)16-7-4-5-8-19(16)30-23/h4-12H,13-14H2,1-3H3,(H,25,26). The highest BCUT2D eigenvalue weighted by atomic mass is 32.2. The molecule has 0 aliphatic carbocycles. The summed E-state index contributed by atoms with van der Waals surface area (Å²) >= 11 is 3.36. The van der Waals surface area contributed by atoms with Gasteiger partial charge in [0.2, 0.25) is 0 Å². The highest BCUT2D eigenvalue weighted by molar-refractivity contribution is 8.00. The SMILES string of the molecule is COc1cc(OC)c(CNC(=O)c2oc3ccccc3c2CSc2cccs2)c(OC)c1. The van der Waals surface area contributed by atoms with Gasteiger partial charge in [-0.3, -0.25) is 4.79 Å². The number of carbonyl (C=O) groups is 1. The Morgan fingerprint density at radius 3 is 2.41 bits per heavy atom. The summed E-state index contributed by atoms with van der Waals surface area (Å²) in [7, 11) is 4.71. The molecule has 0 saturated carbocycles. The number of methoxy groups -OCH3 is 3. The molecule has 0 atom stereocenters. The number of hydrogen-bond donors (Lipinski definition) is 1. The third kappa shape index (κ3) is 4.56. The molecule has 4 rings (SSSR count). The zero-order valence-corrected chi connectivity index (χ0v) is 19.6. The Kier molecular flexibility index (Phi) is 6.92. The lowest BCUT2D eigenvalue weighted by Gasteiger charge is -2.15. The summed E-state index contributed by atoms with van der Waals surface area (Å²) in [5.41, 5.74) is 2.29. The lowest BCUT2D eigenvalue weighted by atomic mass is 10.1. The average Bonchev–Trinajstić information content (AvgIpc) is 3.48. The topological polar surface area (TPSA) is 69.9 Å². The van der Waals surface area contributed by atoms with Gasteiger partial charge < -0.3 is 23.9 Å². The molecular formula is C24H23NO5S2. The van der Waals surface area contributed by atoms with Crippen molar-refractivity contribution < 1.29 is 23.4 Å². The Hall–Kier alpha value is -3.10. The van der Waals surface area contributed by atoms with Crippen LogP contribution < -0.4 is 19.5 Å². The van der Waals surface area contributed by atoms with E-state index in [4.69, 9.17) is 18.6 Å². The van der Waals surface area contributed by atoms with E-state index in [2.05, 4.69) is 11.4 Å². The zero-order chi connectivity index (χ0) is 22.5. The van der Waals surface area contributed by atoms with Crippen LogP contribution in [-0.2, 0) is 12.3 Å². The monoisotopic (exact) mass is 469 g/mol. The van der Waals surface area contributed by atoms with Crippen LogP contribution in [0.1, 0.15) is 21.7 Å². The van der Waals surface area contributed by atoms with Gasteiger partial charge in [0, 0.05) is 28.8 Å². The Morgan fingerprint density at radius 1 is 1.00 bits per heavy atom. The first-order chi connectivity index (χ1) is 15.6. The van der Waals surface area contributed by atoms with E-state index in [1.165, 1.54) is 4.21 Å². The Balaban J connectivity index is 1.60. The van der Waals surface area contributed by atoms with E-state index in [0.29, 0.717) is 34.3 Å². The van der Waals surface area contributed by atoms with Crippen molar-refractivity contribution >= 4 is 40.0 Å². The number of thiophene rings is 1. The number of benzene rings is 2. The van der Waals surface area contributed by atoms with Gasteiger partial charge in [0.1, 0.15) is 22.8 Å². The van der Waals surface area contributed by atoms with E-state index in [1.54, 1.807) is 56.6 Å². The predicted octanol–water partition coefficient (Wildman–Crippen LogP) is 5.74. The Morgan fingerprint density at radius 2 is 1.75 bits per heavy atom. The molecule has 166 valence electrons. The van der Waals surface area contributed by atoms with Crippen LogP contribution >= 0.6 is 23.1 Å². The van der Waals surface area contributed by atoms with Crippen molar-refractivity contribution in [2.24, 2.45) is 0 Å². The maximum atomic E-state index is 13.2. The quantitative estimate of drug-likeness (QED) is 0.315. The van der Waals surface area contributed by atoms with Crippen molar-refractivity contribution in [2.75, 3.05) is 21.3 Å². The van der Waals surface area contributed by atoms with E-state index in [-0.39, 0.29) is 12.5 Å². The van der Waals surface area contributed by atoms with Gasteiger partial charge in [-0.15, -0.1) is 23.1 Å². The number of furan rings is 1. The highest BCUT2D eigenvalue weighted by Gasteiger charge is 2.22. The van der Waals surface area contributed by atoms with Crippen molar-refractivity contribution in [3.05, 3.63) is 70.8 Å². The molecule has 2 heterocycles. The van der Waals surface area contributed by atoms with Crippen LogP contribution in [0.2, 0.25) is 0 Å². The van der Waals surface area contributed by atoms with Crippen LogP contribution in [0.4, 0.5) is 0 Å². The van der Waals surface area contributed by atoms with Crippen molar-refractivity contribution in [2.45, 2.75) is 16.5 Å². The minimum absolute atomic E-state index is 0.212. The number of para-hydroxylation sites is 1. The Bertz CT molecular complexity index is 1190. The third-order valence-electron chi connectivity index (χ3n) is 5.00. The van der Waals surface area contributed by atoms with Gasteiger partial charge >= 0.3 is 0 Å². The number of hydrogen-bond acceptors (Lipinski definition) is 7. The molecule has 0 saturated heterocycles.